The molecule has 7 heteroatoms. The molecule has 130 valence electrons. The smallest absolute Gasteiger partial charge is 0.227 e. The zero-order chi connectivity index (χ0) is 16.7. The van der Waals surface area contributed by atoms with E-state index >= 15 is 0 Å². The normalized spacial score (nSPS) is 26.5. The molecule has 4 rings (SSSR count). The quantitative estimate of drug-likeness (QED) is 0.809. The number of carbonyl (C=O) groups excluding carboxylic acids is 2. The Balaban J connectivity index is 1.21. The van der Waals surface area contributed by atoms with Crippen LogP contribution < -0.4 is 0 Å². The predicted octanol–water partition coefficient (Wildman–Crippen LogP) is 1.21. The summed E-state index contributed by atoms with van der Waals surface area (Å²) in [6, 6.07) is 0. The predicted molar refractivity (Wildman–Crippen MR) is 85.0 cm³/mol. The first kappa shape index (κ1) is 15.6. The SMILES string of the molecule is C[C@@H]1C[C@H]1C(=O)N1CCN(C(=O)CCc2nc(C3CC3)no2)CC1. The lowest BCUT2D eigenvalue weighted by atomic mass is 10.2. The summed E-state index contributed by atoms with van der Waals surface area (Å²) >= 11 is 0. The van der Waals surface area contributed by atoms with Crippen molar-refractivity contribution in [3.63, 3.8) is 0 Å². The average molecular weight is 332 g/mol. The van der Waals surface area contributed by atoms with Crippen LogP contribution in [0.4, 0.5) is 0 Å². The van der Waals surface area contributed by atoms with Gasteiger partial charge in [0.2, 0.25) is 17.7 Å². The van der Waals surface area contributed by atoms with E-state index in [-0.39, 0.29) is 17.7 Å². The average Bonchev–Trinajstić information content (AvgIpc) is 3.52. The first-order valence-electron chi connectivity index (χ1n) is 9.01. The molecule has 2 heterocycles. The molecular weight excluding hydrogens is 308 g/mol. The molecule has 0 aromatic carbocycles. The summed E-state index contributed by atoms with van der Waals surface area (Å²) in [5.74, 6) is 2.96. The fourth-order valence-electron chi connectivity index (χ4n) is 3.33. The third-order valence-electron chi connectivity index (χ3n) is 5.35. The fraction of sp³-hybridized carbons (Fsp3) is 0.765. The first-order chi connectivity index (χ1) is 11.6. The lowest BCUT2D eigenvalue weighted by molar-refractivity contribution is -0.140. The number of rotatable bonds is 5. The van der Waals surface area contributed by atoms with Gasteiger partial charge in [-0.05, 0) is 25.2 Å². The maximum atomic E-state index is 12.3. The summed E-state index contributed by atoms with van der Waals surface area (Å²) < 4.78 is 5.21. The Labute approximate surface area is 141 Å². The monoisotopic (exact) mass is 332 g/mol. The molecular formula is C17H24N4O3. The van der Waals surface area contributed by atoms with Crippen LogP contribution in [0.15, 0.2) is 4.52 Å². The number of carbonyl (C=O) groups is 2. The maximum absolute atomic E-state index is 12.3. The number of amides is 2. The number of aromatic nitrogens is 2. The van der Waals surface area contributed by atoms with Gasteiger partial charge in [-0.25, -0.2) is 0 Å². The fourth-order valence-corrected chi connectivity index (χ4v) is 3.33. The minimum Gasteiger partial charge on any atom is -0.339 e. The van der Waals surface area contributed by atoms with Crippen molar-refractivity contribution in [2.75, 3.05) is 26.2 Å². The molecule has 2 aliphatic carbocycles. The molecule has 0 N–H and O–H groups in total. The van der Waals surface area contributed by atoms with Gasteiger partial charge in [-0.1, -0.05) is 12.1 Å². The summed E-state index contributed by atoms with van der Waals surface area (Å²) in [6.45, 7) is 4.68. The summed E-state index contributed by atoms with van der Waals surface area (Å²) in [5.41, 5.74) is 0. The zero-order valence-electron chi connectivity index (χ0n) is 14.1. The van der Waals surface area contributed by atoms with Gasteiger partial charge in [-0.15, -0.1) is 0 Å². The zero-order valence-corrected chi connectivity index (χ0v) is 14.1. The number of piperazine rings is 1. The summed E-state index contributed by atoms with van der Waals surface area (Å²) in [7, 11) is 0. The van der Waals surface area contributed by atoms with Gasteiger partial charge in [0.05, 0.1) is 0 Å². The molecule has 1 aromatic rings. The van der Waals surface area contributed by atoms with Crippen LogP contribution in [-0.4, -0.2) is 57.9 Å². The van der Waals surface area contributed by atoms with Crippen LogP contribution in [0.3, 0.4) is 0 Å². The largest absolute Gasteiger partial charge is 0.339 e. The van der Waals surface area contributed by atoms with Crippen molar-refractivity contribution < 1.29 is 14.1 Å². The van der Waals surface area contributed by atoms with Gasteiger partial charge in [0.25, 0.3) is 0 Å². The van der Waals surface area contributed by atoms with Crippen molar-refractivity contribution in [2.24, 2.45) is 11.8 Å². The van der Waals surface area contributed by atoms with Gasteiger partial charge in [0.15, 0.2) is 5.82 Å². The first-order valence-corrected chi connectivity index (χ1v) is 9.01. The Kier molecular flexibility index (Phi) is 4.02. The lowest BCUT2D eigenvalue weighted by Crippen LogP contribution is -2.51. The third-order valence-corrected chi connectivity index (χ3v) is 5.35. The van der Waals surface area contributed by atoms with Crippen LogP contribution in [-0.2, 0) is 16.0 Å². The van der Waals surface area contributed by atoms with Crippen molar-refractivity contribution in [1.82, 2.24) is 19.9 Å². The minimum atomic E-state index is 0.105. The van der Waals surface area contributed by atoms with E-state index in [4.69, 9.17) is 4.52 Å². The van der Waals surface area contributed by atoms with Crippen molar-refractivity contribution >= 4 is 11.8 Å². The molecule has 1 saturated heterocycles. The van der Waals surface area contributed by atoms with Crippen molar-refractivity contribution in [3.8, 4) is 0 Å². The number of hydrogen-bond acceptors (Lipinski definition) is 5. The van der Waals surface area contributed by atoms with Crippen LogP contribution in [0.5, 0.6) is 0 Å². The summed E-state index contributed by atoms with van der Waals surface area (Å²) in [4.78, 5) is 32.7. The second-order valence-electron chi connectivity index (χ2n) is 7.35. The van der Waals surface area contributed by atoms with Crippen molar-refractivity contribution in [3.05, 3.63) is 11.7 Å². The highest BCUT2D eigenvalue weighted by Crippen LogP contribution is 2.39. The van der Waals surface area contributed by atoms with Gasteiger partial charge >= 0.3 is 0 Å². The third kappa shape index (κ3) is 3.30. The van der Waals surface area contributed by atoms with Crippen LogP contribution in [0.1, 0.15) is 50.2 Å². The molecule has 2 saturated carbocycles. The van der Waals surface area contributed by atoms with E-state index in [0.717, 1.165) is 25.1 Å². The molecule has 7 nitrogen and oxygen atoms in total. The molecule has 0 bridgehead atoms. The molecule has 2 amide bonds. The second-order valence-corrected chi connectivity index (χ2v) is 7.35. The molecule has 0 spiro atoms. The Morgan fingerprint density at radius 3 is 2.46 bits per heavy atom. The van der Waals surface area contributed by atoms with Crippen LogP contribution in [0, 0.1) is 11.8 Å². The van der Waals surface area contributed by atoms with Crippen molar-refractivity contribution in [2.45, 2.75) is 44.9 Å². The minimum absolute atomic E-state index is 0.105. The van der Waals surface area contributed by atoms with Crippen LogP contribution in [0.25, 0.3) is 0 Å². The highest BCUT2D eigenvalue weighted by atomic mass is 16.5. The summed E-state index contributed by atoms with van der Waals surface area (Å²) in [5, 5.41) is 3.97. The van der Waals surface area contributed by atoms with E-state index in [1.165, 1.54) is 0 Å². The molecule has 1 aliphatic heterocycles. The molecule has 3 aliphatic rings. The highest BCUT2D eigenvalue weighted by Gasteiger charge is 2.42. The van der Waals surface area contributed by atoms with Gasteiger partial charge in [-0.2, -0.15) is 4.98 Å². The number of aryl methyl sites for hydroxylation is 1. The molecule has 0 unspecified atom stereocenters. The molecule has 0 radical (unpaired) electrons. The molecule has 2 atom stereocenters. The van der Waals surface area contributed by atoms with E-state index in [1.54, 1.807) is 0 Å². The number of hydrogen-bond donors (Lipinski definition) is 0. The Morgan fingerprint density at radius 1 is 1.17 bits per heavy atom. The second kappa shape index (κ2) is 6.18. The van der Waals surface area contributed by atoms with E-state index in [1.807, 2.05) is 9.80 Å². The Bertz CT molecular complexity index is 632. The van der Waals surface area contributed by atoms with E-state index in [9.17, 15) is 9.59 Å². The Morgan fingerprint density at radius 2 is 1.83 bits per heavy atom. The highest BCUT2D eigenvalue weighted by molar-refractivity contribution is 5.82. The lowest BCUT2D eigenvalue weighted by Gasteiger charge is -2.35. The van der Waals surface area contributed by atoms with E-state index in [0.29, 0.717) is 56.7 Å². The van der Waals surface area contributed by atoms with Crippen LogP contribution in [0.2, 0.25) is 0 Å². The molecule has 3 fully saturated rings. The molecule has 1 aromatic heterocycles. The van der Waals surface area contributed by atoms with Gasteiger partial charge in [-0.3, -0.25) is 9.59 Å². The summed E-state index contributed by atoms with van der Waals surface area (Å²) in [6.07, 6.45) is 4.18. The standard InChI is InChI=1S/C17H24N4O3/c1-11-10-13(11)17(23)21-8-6-20(7-9-21)15(22)5-4-14-18-16(19-24-14)12-2-3-12/h11-13H,2-10H2,1H3/t11-,13-/m1/s1. The van der Waals surface area contributed by atoms with Gasteiger partial charge < -0.3 is 14.3 Å². The van der Waals surface area contributed by atoms with Gasteiger partial charge in [0.1, 0.15) is 0 Å². The topological polar surface area (TPSA) is 79.5 Å². The number of nitrogens with zero attached hydrogens (tertiary/aromatic N) is 4. The maximum Gasteiger partial charge on any atom is 0.227 e. The van der Waals surface area contributed by atoms with Gasteiger partial charge in [0, 0.05) is 50.9 Å². The Hall–Kier alpha value is -1.92. The van der Waals surface area contributed by atoms with Crippen molar-refractivity contribution in [1.29, 1.82) is 0 Å². The molecule has 24 heavy (non-hydrogen) atoms. The van der Waals surface area contributed by atoms with E-state index < -0.39 is 0 Å². The van der Waals surface area contributed by atoms with Crippen LogP contribution >= 0.6 is 0 Å². The van der Waals surface area contributed by atoms with E-state index in [2.05, 4.69) is 17.1 Å².